The first-order valence-electron chi connectivity index (χ1n) is 4.50. The Balaban J connectivity index is 3.14. The molecular weight excluding hydrogens is 174 g/mol. The summed E-state index contributed by atoms with van der Waals surface area (Å²) in [7, 11) is 1.66. The van der Waals surface area contributed by atoms with Gasteiger partial charge in [0.25, 0.3) is 0 Å². The molecule has 3 nitrogen and oxygen atoms in total. The Labute approximate surface area is 77.6 Å². The van der Waals surface area contributed by atoms with Crippen molar-refractivity contribution in [1.82, 2.24) is 4.31 Å². The molecule has 0 heterocycles. The standard InChI is InChI=1S/C8H19NO2S/c1-3-4-5-6-7-8-9(2)12(10)11/h3-8H2,1-2H3,(H,10,11). The third-order valence-electron chi connectivity index (χ3n) is 1.84. The fourth-order valence-corrected chi connectivity index (χ4v) is 1.30. The van der Waals surface area contributed by atoms with Crippen LogP contribution in [0.1, 0.15) is 39.0 Å². The summed E-state index contributed by atoms with van der Waals surface area (Å²) in [4.78, 5) is 0. The average Bonchev–Trinajstić information content (AvgIpc) is 2.03. The number of unbranched alkanes of at least 4 members (excludes halogenated alkanes) is 4. The summed E-state index contributed by atoms with van der Waals surface area (Å²) in [5.41, 5.74) is 0. The molecule has 0 radical (unpaired) electrons. The minimum atomic E-state index is -1.78. The largest absolute Gasteiger partial charge is 0.294 e. The van der Waals surface area contributed by atoms with Crippen LogP contribution in [-0.4, -0.2) is 26.7 Å². The number of hydrogen-bond acceptors (Lipinski definition) is 1. The van der Waals surface area contributed by atoms with Gasteiger partial charge in [-0.25, -0.2) is 8.51 Å². The second-order valence-electron chi connectivity index (χ2n) is 3.00. The van der Waals surface area contributed by atoms with E-state index in [1.165, 1.54) is 23.6 Å². The maximum atomic E-state index is 10.5. The van der Waals surface area contributed by atoms with Crippen molar-refractivity contribution < 1.29 is 8.76 Å². The molecule has 1 unspecified atom stereocenters. The van der Waals surface area contributed by atoms with Gasteiger partial charge < -0.3 is 0 Å². The van der Waals surface area contributed by atoms with Crippen LogP contribution < -0.4 is 0 Å². The van der Waals surface area contributed by atoms with E-state index >= 15 is 0 Å². The van der Waals surface area contributed by atoms with Gasteiger partial charge in [0.05, 0.1) is 0 Å². The molecule has 0 saturated carbocycles. The fraction of sp³-hybridized carbons (Fsp3) is 1.00. The van der Waals surface area contributed by atoms with Crippen LogP contribution in [0, 0.1) is 0 Å². The van der Waals surface area contributed by atoms with Crippen molar-refractivity contribution in [3.8, 4) is 0 Å². The van der Waals surface area contributed by atoms with Gasteiger partial charge in [-0.05, 0) is 6.42 Å². The Kier molecular flexibility index (Phi) is 7.75. The van der Waals surface area contributed by atoms with Crippen LogP contribution in [0.4, 0.5) is 0 Å². The maximum Gasteiger partial charge on any atom is 0.234 e. The topological polar surface area (TPSA) is 40.5 Å². The molecule has 0 saturated heterocycles. The van der Waals surface area contributed by atoms with Crippen LogP contribution >= 0.6 is 0 Å². The molecule has 12 heavy (non-hydrogen) atoms. The third-order valence-corrected chi connectivity index (χ3v) is 2.56. The van der Waals surface area contributed by atoms with E-state index in [2.05, 4.69) is 6.92 Å². The van der Waals surface area contributed by atoms with Crippen molar-refractivity contribution >= 4 is 11.3 Å². The molecular formula is C8H19NO2S. The lowest BCUT2D eigenvalue weighted by molar-refractivity contribution is 0.432. The van der Waals surface area contributed by atoms with Gasteiger partial charge in [0.1, 0.15) is 0 Å². The summed E-state index contributed by atoms with van der Waals surface area (Å²) in [5.74, 6) is 0. The predicted octanol–water partition coefficient (Wildman–Crippen LogP) is 2.03. The van der Waals surface area contributed by atoms with Crippen LogP contribution in [0.5, 0.6) is 0 Å². The molecule has 1 N–H and O–H groups in total. The van der Waals surface area contributed by atoms with Crippen molar-refractivity contribution in [2.75, 3.05) is 13.6 Å². The van der Waals surface area contributed by atoms with E-state index in [1.54, 1.807) is 7.05 Å². The van der Waals surface area contributed by atoms with Crippen molar-refractivity contribution in [3.63, 3.8) is 0 Å². The Morgan fingerprint density at radius 3 is 2.33 bits per heavy atom. The molecule has 0 amide bonds. The molecule has 74 valence electrons. The SMILES string of the molecule is CCCCCCCN(C)S(=O)O. The number of nitrogens with zero attached hydrogens (tertiary/aromatic N) is 1. The molecule has 0 rings (SSSR count). The minimum absolute atomic E-state index is 0.715. The van der Waals surface area contributed by atoms with Gasteiger partial charge >= 0.3 is 0 Å². The van der Waals surface area contributed by atoms with E-state index in [1.807, 2.05) is 0 Å². The second kappa shape index (κ2) is 7.71. The van der Waals surface area contributed by atoms with E-state index in [9.17, 15) is 4.21 Å². The Bertz CT molecular complexity index is 130. The van der Waals surface area contributed by atoms with E-state index in [-0.39, 0.29) is 0 Å². The normalized spacial score (nSPS) is 13.7. The molecule has 0 aromatic heterocycles. The Morgan fingerprint density at radius 2 is 1.83 bits per heavy atom. The van der Waals surface area contributed by atoms with Gasteiger partial charge in [0.15, 0.2) is 0 Å². The summed E-state index contributed by atoms with van der Waals surface area (Å²) in [6, 6.07) is 0. The summed E-state index contributed by atoms with van der Waals surface area (Å²) in [5, 5.41) is 0. The van der Waals surface area contributed by atoms with E-state index in [4.69, 9.17) is 4.55 Å². The monoisotopic (exact) mass is 193 g/mol. The number of hydrogen-bond donors (Lipinski definition) is 1. The molecule has 0 aliphatic rings. The Morgan fingerprint density at radius 1 is 1.25 bits per heavy atom. The molecule has 4 heteroatoms. The highest BCUT2D eigenvalue weighted by Crippen LogP contribution is 2.03. The van der Waals surface area contributed by atoms with Gasteiger partial charge in [0.2, 0.25) is 11.3 Å². The van der Waals surface area contributed by atoms with Crippen molar-refractivity contribution in [1.29, 1.82) is 0 Å². The predicted molar refractivity (Wildman–Crippen MR) is 52.2 cm³/mol. The van der Waals surface area contributed by atoms with Crippen LogP contribution in [0.25, 0.3) is 0 Å². The van der Waals surface area contributed by atoms with Gasteiger partial charge in [0, 0.05) is 13.6 Å². The Hall–Kier alpha value is 0.0700. The first kappa shape index (κ1) is 12.1. The zero-order chi connectivity index (χ0) is 9.40. The highest BCUT2D eigenvalue weighted by molar-refractivity contribution is 7.76. The highest BCUT2D eigenvalue weighted by atomic mass is 32.2. The van der Waals surface area contributed by atoms with E-state index in [0.717, 1.165) is 12.8 Å². The lowest BCUT2D eigenvalue weighted by Gasteiger charge is -2.09. The van der Waals surface area contributed by atoms with Crippen LogP contribution in [0.15, 0.2) is 0 Å². The minimum Gasteiger partial charge on any atom is -0.294 e. The molecule has 0 spiro atoms. The van der Waals surface area contributed by atoms with Crippen molar-refractivity contribution in [3.05, 3.63) is 0 Å². The first-order chi connectivity index (χ1) is 5.68. The van der Waals surface area contributed by atoms with Gasteiger partial charge in [-0.15, -0.1) is 0 Å². The zero-order valence-corrected chi connectivity index (χ0v) is 8.77. The molecule has 1 atom stereocenters. The van der Waals surface area contributed by atoms with Gasteiger partial charge in [-0.3, -0.25) is 4.55 Å². The lowest BCUT2D eigenvalue weighted by atomic mass is 10.1. The fourth-order valence-electron chi connectivity index (χ4n) is 1.02. The average molecular weight is 193 g/mol. The van der Waals surface area contributed by atoms with Crippen molar-refractivity contribution in [2.24, 2.45) is 0 Å². The first-order valence-corrected chi connectivity index (χ1v) is 5.57. The van der Waals surface area contributed by atoms with Crippen LogP contribution in [0.3, 0.4) is 0 Å². The van der Waals surface area contributed by atoms with Crippen LogP contribution in [-0.2, 0) is 11.3 Å². The molecule has 0 aromatic rings. The lowest BCUT2D eigenvalue weighted by Crippen LogP contribution is -2.21. The second-order valence-corrected chi connectivity index (χ2v) is 4.08. The van der Waals surface area contributed by atoms with E-state index < -0.39 is 11.3 Å². The summed E-state index contributed by atoms with van der Waals surface area (Å²) in [6.45, 7) is 2.89. The molecule has 0 bridgehead atoms. The number of rotatable bonds is 7. The quantitative estimate of drug-likeness (QED) is 0.496. The van der Waals surface area contributed by atoms with E-state index in [0.29, 0.717) is 6.54 Å². The van der Waals surface area contributed by atoms with Gasteiger partial charge in [-0.2, -0.15) is 0 Å². The summed E-state index contributed by atoms with van der Waals surface area (Å²) < 4.78 is 20.5. The zero-order valence-electron chi connectivity index (χ0n) is 7.95. The summed E-state index contributed by atoms with van der Waals surface area (Å²) in [6.07, 6.45) is 5.92. The highest BCUT2D eigenvalue weighted by Gasteiger charge is 2.01. The van der Waals surface area contributed by atoms with Gasteiger partial charge in [-0.1, -0.05) is 32.6 Å². The summed E-state index contributed by atoms with van der Waals surface area (Å²) >= 11 is -1.78. The third kappa shape index (κ3) is 6.76. The molecule has 0 fully saturated rings. The molecule has 0 aliphatic carbocycles. The van der Waals surface area contributed by atoms with Crippen LogP contribution in [0.2, 0.25) is 0 Å². The van der Waals surface area contributed by atoms with Crippen molar-refractivity contribution in [2.45, 2.75) is 39.0 Å². The maximum absolute atomic E-state index is 10.5. The smallest absolute Gasteiger partial charge is 0.234 e. The molecule has 0 aromatic carbocycles. The molecule has 0 aliphatic heterocycles.